The van der Waals surface area contributed by atoms with Gasteiger partial charge in [0.1, 0.15) is 0 Å². The minimum absolute atomic E-state index is 0.0556. The lowest BCUT2D eigenvalue weighted by molar-refractivity contribution is -0.123. The molecule has 2 heteroatoms. The highest BCUT2D eigenvalue weighted by Gasteiger charge is 1.91. The Bertz CT molecular complexity index is 97.1. The van der Waals surface area contributed by atoms with Crippen molar-refractivity contribution in [2.45, 2.75) is 0 Å². The molecular formula is C7H13NO. The van der Waals surface area contributed by atoms with Crippen LogP contribution in [0.2, 0.25) is 0 Å². The van der Waals surface area contributed by atoms with Crippen LogP contribution in [-0.4, -0.2) is 24.9 Å². The third-order valence-corrected chi connectivity index (χ3v) is 0.615. The second-order valence-corrected chi connectivity index (χ2v) is 1.44. The molecule has 0 aliphatic carbocycles. The molecule has 0 bridgehead atoms. The zero-order valence-corrected chi connectivity index (χ0v) is 6.05. The van der Waals surface area contributed by atoms with Crippen molar-refractivity contribution in [3.63, 3.8) is 0 Å². The highest BCUT2D eigenvalue weighted by atomic mass is 16.2. The van der Waals surface area contributed by atoms with Crippen molar-refractivity contribution in [1.29, 1.82) is 0 Å². The molecular weight excluding hydrogens is 114 g/mol. The predicted octanol–water partition coefficient (Wildman–Crippen LogP) is 1.06. The Balaban J connectivity index is 0. The van der Waals surface area contributed by atoms with Gasteiger partial charge < -0.3 is 4.90 Å². The number of nitrogens with zero attached hydrogens (tertiary/aromatic N) is 1. The summed E-state index contributed by atoms with van der Waals surface area (Å²) in [4.78, 5) is 11.8. The summed E-state index contributed by atoms with van der Waals surface area (Å²) >= 11 is 0. The highest BCUT2D eigenvalue weighted by Crippen LogP contribution is 1.74. The molecule has 0 heterocycles. The van der Waals surface area contributed by atoms with Crippen molar-refractivity contribution in [3.8, 4) is 0 Å². The molecule has 9 heavy (non-hydrogen) atoms. The van der Waals surface area contributed by atoms with Crippen molar-refractivity contribution >= 4 is 5.91 Å². The molecule has 1 amide bonds. The molecule has 0 saturated carbocycles. The molecule has 2 nitrogen and oxygen atoms in total. The first-order valence-electron chi connectivity index (χ1n) is 2.52. The van der Waals surface area contributed by atoms with E-state index in [1.54, 1.807) is 14.1 Å². The average molecular weight is 127 g/mol. The van der Waals surface area contributed by atoms with Crippen LogP contribution in [0.1, 0.15) is 0 Å². The summed E-state index contributed by atoms with van der Waals surface area (Å²) < 4.78 is 0. The first-order chi connectivity index (χ1) is 4.18. The van der Waals surface area contributed by atoms with Gasteiger partial charge in [0.2, 0.25) is 5.91 Å². The highest BCUT2D eigenvalue weighted by molar-refractivity contribution is 5.86. The maximum absolute atomic E-state index is 10.3. The molecule has 0 spiro atoms. The van der Waals surface area contributed by atoms with Gasteiger partial charge in [-0.05, 0) is 6.08 Å². The van der Waals surface area contributed by atoms with E-state index in [0.29, 0.717) is 0 Å². The van der Waals surface area contributed by atoms with Crippen LogP contribution < -0.4 is 0 Å². The first-order valence-corrected chi connectivity index (χ1v) is 2.52. The van der Waals surface area contributed by atoms with Crippen LogP contribution in [0.4, 0.5) is 0 Å². The smallest absolute Gasteiger partial charge is 0.245 e. The van der Waals surface area contributed by atoms with Crippen molar-refractivity contribution in [3.05, 3.63) is 25.8 Å². The van der Waals surface area contributed by atoms with Crippen molar-refractivity contribution in [2.75, 3.05) is 14.1 Å². The van der Waals surface area contributed by atoms with Crippen LogP contribution in [0.5, 0.6) is 0 Å². The second kappa shape index (κ2) is 6.95. The fraction of sp³-hybridized carbons (Fsp3) is 0.286. The van der Waals surface area contributed by atoms with E-state index in [1.165, 1.54) is 11.0 Å². The third kappa shape index (κ3) is 6.95. The molecule has 52 valence electrons. The molecule has 0 atom stereocenters. The molecule has 0 rings (SSSR count). The molecule has 0 aromatic rings. The molecule has 0 fully saturated rings. The summed E-state index contributed by atoms with van der Waals surface area (Å²) in [5.41, 5.74) is 0. The Kier molecular flexibility index (Phi) is 8.38. The lowest BCUT2D eigenvalue weighted by atomic mass is 10.5. The van der Waals surface area contributed by atoms with Gasteiger partial charge in [0.05, 0.1) is 0 Å². The predicted molar refractivity (Wildman–Crippen MR) is 40.1 cm³/mol. The fourth-order valence-electron chi connectivity index (χ4n) is 0.183. The minimum Gasteiger partial charge on any atom is -0.345 e. The van der Waals surface area contributed by atoms with E-state index in [4.69, 9.17) is 0 Å². The van der Waals surface area contributed by atoms with Gasteiger partial charge in [-0.3, -0.25) is 4.79 Å². The van der Waals surface area contributed by atoms with Gasteiger partial charge in [0, 0.05) is 14.1 Å². The minimum atomic E-state index is -0.0556. The largest absolute Gasteiger partial charge is 0.345 e. The van der Waals surface area contributed by atoms with E-state index in [9.17, 15) is 4.79 Å². The fourth-order valence-corrected chi connectivity index (χ4v) is 0.183. The van der Waals surface area contributed by atoms with Gasteiger partial charge >= 0.3 is 0 Å². The molecule has 0 N–H and O–H groups in total. The monoisotopic (exact) mass is 127 g/mol. The van der Waals surface area contributed by atoms with Gasteiger partial charge in [-0.1, -0.05) is 6.58 Å². The Labute approximate surface area is 56.5 Å². The number of carbonyl (C=O) groups is 1. The SMILES string of the molecule is C=C.C=CC(=O)N(C)C. The lowest BCUT2D eigenvalue weighted by Gasteiger charge is -2.03. The van der Waals surface area contributed by atoms with E-state index < -0.39 is 0 Å². The Morgan fingerprint density at radius 2 is 1.78 bits per heavy atom. The maximum Gasteiger partial charge on any atom is 0.245 e. The van der Waals surface area contributed by atoms with Gasteiger partial charge in [-0.15, -0.1) is 13.2 Å². The maximum atomic E-state index is 10.3. The van der Waals surface area contributed by atoms with E-state index in [1.807, 2.05) is 0 Å². The average Bonchev–Trinajstić information content (AvgIpc) is 1.91. The summed E-state index contributed by atoms with van der Waals surface area (Å²) in [6, 6.07) is 0. The van der Waals surface area contributed by atoms with Gasteiger partial charge in [0.25, 0.3) is 0 Å². The van der Waals surface area contributed by atoms with E-state index in [0.717, 1.165) is 0 Å². The summed E-state index contributed by atoms with van der Waals surface area (Å²) in [5.74, 6) is -0.0556. The third-order valence-electron chi connectivity index (χ3n) is 0.615. The van der Waals surface area contributed by atoms with E-state index in [-0.39, 0.29) is 5.91 Å². The van der Waals surface area contributed by atoms with E-state index in [2.05, 4.69) is 19.7 Å². The van der Waals surface area contributed by atoms with Crippen LogP contribution in [0.15, 0.2) is 25.8 Å². The van der Waals surface area contributed by atoms with Crippen molar-refractivity contribution < 1.29 is 4.79 Å². The van der Waals surface area contributed by atoms with Crippen molar-refractivity contribution in [1.82, 2.24) is 4.90 Å². The van der Waals surface area contributed by atoms with Gasteiger partial charge in [-0.2, -0.15) is 0 Å². The van der Waals surface area contributed by atoms with Crippen molar-refractivity contribution in [2.24, 2.45) is 0 Å². The molecule has 0 radical (unpaired) electrons. The van der Waals surface area contributed by atoms with Crippen LogP contribution in [-0.2, 0) is 4.79 Å². The summed E-state index contributed by atoms with van der Waals surface area (Å²) in [6.45, 7) is 9.29. The number of carbonyl (C=O) groups excluding carboxylic acids is 1. The van der Waals surface area contributed by atoms with Crippen LogP contribution in [0.25, 0.3) is 0 Å². The molecule has 0 unspecified atom stereocenters. The van der Waals surface area contributed by atoms with Crippen LogP contribution in [0, 0.1) is 0 Å². The van der Waals surface area contributed by atoms with Crippen LogP contribution in [0.3, 0.4) is 0 Å². The molecule has 0 saturated heterocycles. The first kappa shape index (κ1) is 10.8. The van der Waals surface area contributed by atoms with E-state index >= 15 is 0 Å². The molecule has 0 aliphatic rings. The number of hydrogen-bond acceptors (Lipinski definition) is 1. The Morgan fingerprint density at radius 3 is 1.78 bits per heavy atom. The number of hydrogen-bond donors (Lipinski definition) is 0. The van der Waals surface area contributed by atoms with Crippen LogP contribution >= 0.6 is 0 Å². The Morgan fingerprint density at radius 1 is 1.44 bits per heavy atom. The Hall–Kier alpha value is -1.05. The molecule has 0 aliphatic heterocycles. The second-order valence-electron chi connectivity index (χ2n) is 1.44. The summed E-state index contributed by atoms with van der Waals surface area (Å²) in [5, 5.41) is 0. The van der Waals surface area contributed by atoms with Gasteiger partial charge in [-0.25, -0.2) is 0 Å². The standard InChI is InChI=1S/C5H9NO.C2H4/c1-4-5(7)6(2)3;1-2/h4H,1H2,2-3H3;1-2H2. The number of amides is 1. The van der Waals surface area contributed by atoms with Gasteiger partial charge in [0.15, 0.2) is 0 Å². The normalized spacial score (nSPS) is 6.44. The quantitative estimate of drug-likeness (QED) is 0.381. The summed E-state index contributed by atoms with van der Waals surface area (Å²) in [7, 11) is 3.37. The zero-order valence-electron chi connectivity index (χ0n) is 6.05. The topological polar surface area (TPSA) is 20.3 Å². The lowest BCUT2D eigenvalue weighted by Crippen LogP contribution is -2.18. The zero-order chi connectivity index (χ0) is 7.86. The number of likely N-dealkylation sites (N-methyl/N-ethyl adjacent to an activating group) is 1. The number of rotatable bonds is 1. The molecule has 0 aromatic carbocycles. The summed E-state index contributed by atoms with van der Waals surface area (Å²) in [6.07, 6.45) is 1.28. The molecule has 0 aromatic heterocycles.